The highest BCUT2D eigenvalue weighted by Crippen LogP contribution is 2.16. The van der Waals surface area contributed by atoms with Crippen molar-refractivity contribution < 1.29 is 23.1 Å². The van der Waals surface area contributed by atoms with E-state index in [1.165, 1.54) is 12.1 Å². The van der Waals surface area contributed by atoms with Crippen LogP contribution >= 0.6 is 15.9 Å². The Kier molecular flexibility index (Phi) is 6.15. The van der Waals surface area contributed by atoms with Crippen LogP contribution in [0.15, 0.2) is 33.6 Å². The number of carboxylic acid groups (broad SMARTS) is 1. The first-order chi connectivity index (χ1) is 9.31. The number of carbonyl (C=O) groups excluding carboxylic acids is 1. The summed E-state index contributed by atoms with van der Waals surface area (Å²) in [5, 5.41) is 10.5. The number of amides is 1. The van der Waals surface area contributed by atoms with Gasteiger partial charge in [0.1, 0.15) is 6.54 Å². The van der Waals surface area contributed by atoms with Crippen molar-refractivity contribution in [2.75, 3.05) is 12.3 Å². The second-order valence-corrected chi connectivity index (χ2v) is 7.07. The Balaban J connectivity index is 2.46. The molecule has 0 bridgehead atoms. The number of carboxylic acids is 1. The summed E-state index contributed by atoms with van der Waals surface area (Å²) in [5.41, 5.74) is 0. The summed E-state index contributed by atoms with van der Waals surface area (Å²) in [6, 6.07) is 6.24. The molecule has 0 spiro atoms. The number of nitrogens with one attached hydrogen (secondary N) is 1. The van der Waals surface area contributed by atoms with Crippen LogP contribution in [0.25, 0.3) is 0 Å². The third-order valence-electron chi connectivity index (χ3n) is 2.43. The predicted molar refractivity (Wildman–Crippen MR) is 76.1 cm³/mol. The van der Waals surface area contributed by atoms with E-state index in [0.29, 0.717) is 0 Å². The Morgan fingerprint density at radius 2 is 1.80 bits per heavy atom. The molecule has 2 N–H and O–H groups in total. The molecule has 0 aliphatic rings. The topological polar surface area (TPSA) is 101 Å². The number of sulfone groups is 1. The molecule has 0 radical (unpaired) electrons. The predicted octanol–water partition coefficient (Wildman–Crippen LogP) is 1.20. The van der Waals surface area contributed by atoms with Crippen LogP contribution in [0.2, 0.25) is 0 Å². The van der Waals surface area contributed by atoms with Crippen molar-refractivity contribution in [2.24, 2.45) is 0 Å². The van der Waals surface area contributed by atoms with Crippen LogP contribution in [0.3, 0.4) is 0 Å². The fourth-order valence-electron chi connectivity index (χ4n) is 1.45. The van der Waals surface area contributed by atoms with Crippen LogP contribution in [0.4, 0.5) is 0 Å². The molecule has 1 aromatic carbocycles. The van der Waals surface area contributed by atoms with Gasteiger partial charge in [-0.3, -0.25) is 9.59 Å². The van der Waals surface area contributed by atoms with Gasteiger partial charge in [0.05, 0.1) is 10.6 Å². The normalized spacial score (nSPS) is 11.1. The van der Waals surface area contributed by atoms with Crippen LogP contribution in [0.1, 0.15) is 12.8 Å². The number of hydrogen-bond acceptors (Lipinski definition) is 4. The lowest BCUT2D eigenvalue weighted by atomic mass is 10.3. The highest BCUT2D eigenvalue weighted by atomic mass is 79.9. The number of halogens is 1. The number of benzene rings is 1. The maximum absolute atomic E-state index is 11.9. The lowest BCUT2D eigenvalue weighted by molar-refractivity contribution is -0.137. The minimum absolute atomic E-state index is 0.0248. The van der Waals surface area contributed by atoms with Gasteiger partial charge in [-0.2, -0.15) is 0 Å². The van der Waals surface area contributed by atoms with Gasteiger partial charge in [0.2, 0.25) is 5.91 Å². The summed E-state index contributed by atoms with van der Waals surface area (Å²) >= 11 is 3.22. The molecule has 0 heterocycles. The van der Waals surface area contributed by atoms with Crippen molar-refractivity contribution in [1.82, 2.24) is 5.32 Å². The van der Waals surface area contributed by atoms with Gasteiger partial charge in [-0.1, -0.05) is 15.9 Å². The van der Waals surface area contributed by atoms with Crippen molar-refractivity contribution >= 4 is 37.6 Å². The van der Waals surface area contributed by atoms with E-state index < -0.39 is 28.3 Å². The van der Waals surface area contributed by atoms with E-state index in [2.05, 4.69) is 21.2 Å². The molecular formula is C12H14BrNO5S. The quantitative estimate of drug-likeness (QED) is 0.757. The lowest BCUT2D eigenvalue weighted by Crippen LogP contribution is -2.29. The summed E-state index contributed by atoms with van der Waals surface area (Å²) in [6.45, 7) is -0.460. The van der Waals surface area contributed by atoms with Crippen LogP contribution in [-0.4, -0.2) is 37.7 Å². The summed E-state index contributed by atoms with van der Waals surface area (Å²) in [6.07, 6.45) is 0.118. The van der Waals surface area contributed by atoms with Gasteiger partial charge in [0.15, 0.2) is 9.84 Å². The van der Waals surface area contributed by atoms with E-state index >= 15 is 0 Å². The van der Waals surface area contributed by atoms with E-state index in [-0.39, 0.29) is 23.5 Å². The number of rotatable bonds is 7. The van der Waals surface area contributed by atoms with Crippen molar-refractivity contribution in [3.05, 3.63) is 28.7 Å². The fraction of sp³-hybridized carbons (Fsp3) is 0.333. The van der Waals surface area contributed by atoms with Gasteiger partial charge in [-0.15, -0.1) is 0 Å². The zero-order chi connectivity index (χ0) is 15.2. The third-order valence-corrected chi connectivity index (χ3v) is 4.77. The highest BCUT2D eigenvalue weighted by molar-refractivity contribution is 9.10. The van der Waals surface area contributed by atoms with Crippen molar-refractivity contribution in [2.45, 2.75) is 17.7 Å². The Labute approximate surface area is 125 Å². The molecule has 0 aromatic heterocycles. The zero-order valence-electron chi connectivity index (χ0n) is 10.5. The van der Waals surface area contributed by atoms with E-state index in [4.69, 9.17) is 5.11 Å². The maximum atomic E-state index is 11.9. The molecule has 0 unspecified atom stereocenters. The lowest BCUT2D eigenvalue weighted by Gasteiger charge is -2.05. The van der Waals surface area contributed by atoms with Gasteiger partial charge in [0.25, 0.3) is 0 Å². The second-order valence-electron chi connectivity index (χ2n) is 4.05. The molecule has 0 saturated heterocycles. The molecule has 0 saturated carbocycles. The Bertz CT molecular complexity index is 582. The molecule has 1 rings (SSSR count). The standard InChI is InChI=1S/C12H14BrNO5S/c13-9-3-5-10(6-4-9)20(18,19)7-1-2-11(15)14-8-12(16)17/h3-6H,1-2,7-8H2,(H,14,15)(H,16,17). The molecule has 0 aliphatic carbocycles. The van der Waals surface area contributed by atoms with Crippen LogP contribution < -0.4 is 5.32 Å². The maximum Gasteiger partial charge on any atom is 0.322 e. The third kappa shape index (κ3) is 5.70. The molecule has 110 valence electrons. The molecule has 0 fully saturated rings. The highest BCUT2D eigenvalue weighted by Gasteiger charge is 2.15. The Morgan fingerprint density at radius 1 is 1.20 bits per heavy atom. The molecule has 1 aromatic rings. The summed E-state index contributed by atoms with van der Waals surface area (Å²) in [5.74, 6) is -1.77. The first-order valence-electron chi connectivity index (χ1n) is 5.78. The van der Waals surface area contributed by atoms with Gasteiger partial charge in [0, 0.05) is 10.9 Å². The van der Waals surface area contributed by atoms with E-state index in [1.54, 1.807) is 12.1 Å². The Hall–Kier alpha value is -1.41. The summed E-state index contributed by atoms with van der Waals surface area (Å²) in [4.78, 5) is 21.7. The van der Waals surface area contributed by atoms with Crippen molar-refractivity contribution in [1.29, 1.82) is 0 Å². The molecule has 6 nitrogen and oxygen atoms in total. The monoisotopic (exact) mass is 363 g/mol. The SMILES string of the molecule is O=C(O)CNC(=O)CCCS(=O)(=O)c1ccc(Br)cc1. The molecular weight excluding hydrogens is 350 g/mol. The molecule has 8 heteroatoms. The first kappa shape index (κ1) is 16.6. The van der Waals surface area contributed by atoms with Crippen LogP contribution in [-0.2, 0) is 19.4 Å². The number of aliphatic carboxylic acids is 1. The number of carbonyl (C=O) groups is 2. The van der Waals surface area contributed by atoms with E-state index in [9.17, 15) is 18.0 Å². The van der Waals surface area contributed by atoms with E-state index in [1.807, 2.05) is 0 Å². The second kappa shape index (κ2) is 7.39. The molecule has 20 heavy (non-hydrogen) atoms. The van der Waals surface area contributed by atoms with Crippen LogP contribution in [0, 0.1) is 0 Å². The van der Waals surface area contributed by atoms with Gasteiger partial charge >= 0.3 is 5.97 Å². The minimum Gasteiger partial charge on any atom is -0.480 e. The van der Waals surface area contributed by atoms with Gasteiger partial charge in [-0.05, 0) is 30.7 Å². The van der Waals surface area contributed by atoms with E-state index in [0.717, 1.165) is 4.47 Å². The number of hydrogen-bond donors (Lipinski definition) is 2. The smallest absolute Gasteiger partial charge is 0.322 e. The fourth-order valence-corrected chi connectivity index (χ4v) is 3.02. The van der Waals surface area contributed by atoms with Crippen molar-refractivity contribution in [3.63, 3.8) is 0 Å². The average Bonchev–Trinajstić information content (AvgIpc) is 2.36. The summed E-state index contributed by atoms with van der Waals surface area (Å²) < 4.78 is 24.7. The minimum atomic E-state index is -3.42. The van der Waals surface area contributed by atoms with Gasteiger partial charge < -0.3 is 10.4 Å². The largest absolute Gasteiger partial charge is 0.480 e. The van der Waals surface area contributed by atoms with Crippen LogP contribution in [0.5, 0.6) is 0 Å². The zero-order valence-corrected chi connectivity index (χ0v) is 12.9. The first-order valence-corrected chi connectivity index (χ1v) is 8.22. The molecule has 1 amide bonds. The van der Waals surface area contributed by atoms with Crippen molar-refractivity contribution in [3.8, 4) is 0 Å². The molecule has 0 aliphatic heterocycles. The molecule has 0 atom stereocenters. The van der Waals surface area contributed by atoms with Gasteiger partial charge in [-0.25, -0.2) is 8.42 Å². The average molecular weight is 364 g/mol. The summed E-state index contributed by atoms with van der Waals surface area (Å²) in [7, 11) is -3.42. The Morgan fingerprint density at radius 3 is 2.35 bits per heavy atom.